The molecular formula is C9H14N2O5S. The predicted molar refractivity (Wildman–Crippen MR) is 61.1 cm³/mol. The number of hydrogen-bond donors (Lipinski definition) is 3. The van der Waals surface area contributed by atoms with Crippen LogP contribution in [0.3, 0.4) is 0 Å². The minimum Gasteiger partial charge on any atom is -0.481 e. The first kappa shape index (κ1) is 13.6. The molecule has 1 saturated heterocycles. The molecule has 1 aliphatic rings. The molecule has 1 atom stereocenters. The molecule has 0 saturated carbocycles. The van der Waals surface area contributed by atoms with Crippen LogP contribution in [0.1, 0.15) is 6.42 Å². The van der Waals surface area contributed by atoms with Crippen molar-refractivity contribution in [3.05, 3.63) is 0 Å². The van der Waals surface area contributed by atoms with E-state index < -0.39 is 30.4 Å². The molecule has 1 fully saturated rings. The number of hydrogen-bond acceptors (Lipinski definition) is 4. The highest BCUT2D eigenvalue weighted by atomic mass is 32.2. The Bertz CT molecular complexity index is 317. The zero-order valence-electron chi connectivity index (χ0n) is 9.09. The number of carbonyl (C=O) groups is 3. The van der Waals surface area contributed by atoms with E-state index >= 15 is 0 Å². The van der Waals surface area contributed by atoms with Crippen LogP contribution in [0, 0.1) is 0 Å². The predicted octanol–water partition coefficient (Wildman–Crippen LogP) is -0.327. The molecule has 0 radical (unpaired) electrons. The Kier molecular flexibility index (Phi) is 5.08. The summed E-state index contributed by atoms with van der Waals surface area (Å²) in [4.78, 5) is 34.3. The van der Waals surface area contributed by atoms with Crippen LogP contribution in [0.25, 0.3) is 0 Å². The molecule has 2 amide bonds. The quantitative estimate of drug-likeness (QED) is 0.640. The summed E-state index contributed by atoms with van der Waals surface area (Å²) in [6.45, 7) is 1.10. The molecule has 17 heavy (non-hydrogen) atoms. The van der Waals surface area contributed by atoms with E-state index in [-0.39, 0.29) is 0 Å². The summed E-state index contributed by atoms with van der Waals surface area (Å²) >= 11 is 1.72. The SMILES string of the molecule is O=C(O)C[C@@H](NC(=O)N1CCSCC1)C(=O)O. The largest absolute Gasteiger partial charge is 0.481 e. The Hall–Kier alpha value is -1.44. The van der Waals surface area contributed by atoms with Crippen molar-refractivity contribution in [3.8, 4) is 0 Å². The summed E-state index contributed by atoms with van der Waals surface area (Å²) in [5.41, 5.74) is 0. The van der Waals surface area contributed by atoms with E-state index in [0.29, 0.717) is 13.1 Å². The summed E-state index contributed by atoms with van der Waals surface area (Å²) in [7, 11) is 0. The fourth-order valence-electron chi connectivity index (χ4n) is 1.38. The number of aliphatic carboxylic acids is 2. The second-order valence-electron chi connectivity index (χ2n) is 3.54. The molecule has 0 aromatic rings. The van der Waals surface area contributed by atoms with Gasteiger partial charge in [-0.25, -0.2) is 9.59 Å². The molecule has 1 heterocycles. The van der Waals surface area contributed by atoms with Gasteiger partial charge in [-0.15, -0.1) is 0 Å². The van der Waals surface area contributed by atoms with E-state index in [9.17, 15) is 14.4 Å². The van der Waals surface area contributed by atoms with Gasteiger partial charge in [0, 0.05) is 24.6 Å². The Morgan fingerprint density at radius 3 is 2.29 bits per heavy atom. The highest BCUT2D eigenvalue weighted by molar-refractivity contribution is 7.99. The molecule has 8 heteroatoms. The van der Waals surface area contributed by atoms with Crippen molar-refractivity contribution in [3.63, 3.8) is 0 Å². The van der Waals surface area contributed by atoms with Gasteiger partial charge in [0.1, 0.15) is 6.04 Å². The van der Waals surface area contributed by atoms with Gasteiger partial charge in [-0.1, -0.05) is 0 Å². The van der Waals surface area contributed by atoms with E-state index in [1.54, 1.807) is 11.8 Å². The molecule has 1 rings (SSSR count). The molecule has 0 spiro atoms. The molecule has 0 aromatic heterocycles. The standard InChI is InChI=1S/C9H14N2O5S/c12-7(13)5-6(8(14)15)10-9(16)11-1-3-17-4-2-11/h6H,1-5H2,(H,10,16)(H,12,13)(H,14,15)/t6-/m1/s1. The van der Waals surface area contributed by atoms with E-state index in [1.807, 2.05) is 0 Å². The fourth-order valence-corrected chi connectivity index (χ4v) is 2.28. The number of carboxylic acid groups (broad SMARTS) is 2. The zero-order valence-corrected chi connectivity index (χ0v) is 9.90. The third-order valence-electron chi connectivity index (χ3n) is 2.27. The molecule has 96 valence electrons. The lowest BCUT2D eigenvalue weighted by Gasteiger charge is -2.27. The van der Waals surface area contributed by atoms with Gasteiger partial charge >= 0.3 is 18.0 Å². The molecule has 1 aliphatic heterocycles. The van der Waals surface area contributed by atoms with Crippen LogP contribution in [0.15, 0.2) is 0 Å². The third-order valence-corrected chi connectivity index (χ3v) is 3.22. The van der Waals surface area contributed by atoms with E-state index in [1.165, 1.54) is 4.90 Å². The zero-order chi connectivity index (χ0) is 12.8. The van der Waals surface area contributed by atoms with Gasteiger partial charge < -0.3 is 20.4 Å². The van der Waals surface area contributed by atoms with Crippen LogP contribution in [-0.2, 0) is 9.59 Å². The summed E-state index contributed by atoms with van der Waals surface area (Å²) < 4.78 is 0. The fraction of sp³-hybridized carbons (Fsp3) is 0.667. The van der Waals surface area contributed by atoms with Gasteiger partial charge in [-0.05, 0) is 0 Å². The first-order valence-corrected chi connectivity index (χ1v) is 6.24. The number of nitrogens with zero attached hydrogens (tertiary/aromatic N) is 1. The first-order chi connectivity index (χ1) is 8.00. The molecule has 0 bridgehead atoms. The highest BCUT2D eigenvalue weighted by Gasteiger charge is 2.26. The van der Waals surface area contributed by atoms with E-state index in [2.05, 4.69) is 5.32 Å². The van der Waals surface area contributed by atoms with Crippen molar-refractivity contribution in [1.82, 2.24) is 10.2 Å². The molecule has 7 nitrogen and oxygen atoms in total. The molecule has 0 unspecified atom stereocenters. The Morgan fingerprint density at radius 1 is 1.24 bits per heavy atom. The first-order valence-electron chi connectivity index (χ1n) is 5.08. The maximum atomic E-state index is 11.6. The second-order valence-corrected chi connectivity index (χ2v) is 4.76. The molecule has 0 aromatic carbocycles. The lowest BCUT2D eigenvalue weighted by atomic mass is 10.2. The van der Waals surface area contributed by atoms with Crippen LogP contribution in [-0.4, -0.2) is 63.7 Å². The lowest BCUT2D eigenvalue weighted by Crippen LogP contribution is -2.50. The maximum absolute atomic E-state index is 11.6. The maximum Gasteiger partial charge on any atom is 0.326 e. The summed E-state index contributed by atoms with van der Waals surface area (Å²) in [6, 6.07) is -1.89. The van der Waals surface area contributed by atoms with Crippen molar-refractivity contribution in [2.75, 3.05) is 24.6 Å². The molecule has 0 aliphatic carbocycles. The van der Waals surface area contributed by atoms with Crippen LogP contribution < -0.4 is 5.32 Å². The smallest absolute Gasteiger partial charge is 0.326 e. The van der Waals surface area contributed by atoms with Crippen LogP contribution in [0.4, 0.5) is 4.79 Å². The van der Waals surface area contributed by atoms with Crippen molar-refractivity contribution >= 4 is 29.7 Å². The average Bonchev–Trinajstić information content (AvgIpc) is 2.28. The Labute approximate surface area is 102 Å². The van der Waals surface area contributed by atoms with E-state index in [0.717, 1.165) is 11.5 Å². The van der Waals surface area contributed by atoms with E-state index in [4.69, 9.17) is 10.2 Å². The van der Waals surface area contributed by atoms with Gasteiger partial charge in [0.2, 0.25) is 0 Å². The number of thioether (sulfide) groups is 1. The van der Waals surface area contributed by atoms with Crippen molar-refractivity contribution < 1.29 is 24.6 Å². The minimum atomic E-state index is -1.38. The van der Waals surface area contributed by atoms with Crippen LogP contribution in [0.5, 0.6) is 0 Å². The summed E-state index contributed by atoms with van der Waals surface area (Å²) in [6.07, 6.45) is -0.621. The number of amides is 2. The van der Waals surface area contributed by atoms with Crippen molar-refractivity contribution in [2.45, 2.75) is 12.5 Å². The molecule has 3 N–H and O–H groups in total. The Morgan fingerprint density at radius 2 is 1.82 bits per heavy atom. The van der Waals surface area contributed by atoms with Gasteiger partial charge in [0.05, 0.1) is 6.42 Å². The van der Waals surface area contributed by atoms with Crippen LogP contribution in [0.2, 0.25) is 0 Å². The van der Waals surface area contributed by atoms with Gasteiger partial charge in [0.15, 0.2) is 0 Å². The van der Waals surface area contributed by atoms with Gasteiger partial charge in [0.25, 0.3) is 0 Å². The summed E-state index contributed by atoms with van der Waals surface area (Å²) in [5.74, 6) is -0.979. The summed E-state index contributed by atoms with van der Waals surface area (Å²) in [5, 5.41) is 19.5. The number of carboxylic acids is 2. The minimum absolute atomic E-state index is 0.515. The average molecular weight is 262 g/mol. The number of urea groups is 1. The number of rotatable bonds is 4. The highest BCUT2D eigenvalue weighted by Crippen LogP contribution is 2.09. The second kappa shape index (κ2) is 6.33. The topological polar surface area (TPSA) is 107 Å². The number of carbonyl (C=O) groups excluding carboxylic acids is 1. The van der Waals surface area contributed by atoms with Crippen LogP contribution >= 0.6 is 11.8 Å². The lowest BCUT2D eigenvalue weighted by molar-refractivity contribution is -0.145. The monoisotopic (exact) mass is 262 g/mol. The number of nitrogens with one attached hydrogen (secondary N) is 1. The van der Waals surface area contributed by atoms with Gasteiger partial charge in [-0.3, -0.25) is 4.79 Å². The van der Waals surface area contributed by atoms with Crippen molar-refractivity contribution in [1.29, 1.82) is 0 Å². The third kappa shape index (κ3) is 4.51. The normalized spacial score (nSPS) is 17.3. The van der Waals surface area contributed by atoms with Crippen molar-refractivity contribution in [2.24, 2.45) is 0 Å². The molecular weight excluding hydrogens is 248 g/mol. The Balaban J connectivity index is 2.50. The van der Waals surface area contributed by atoms with Gasteiger partial charge in [-0.2, -0.15) is 11.8 Å².